The van der Waals surface area contributed by atoms with Crippen LogP contribution in [0.1, 0.15) is 132 Å². The van der Waals surface area contributed by atoms with Crippen LogP contribution in [0.2, 0.25) is 0 Å². The maximum absolute atomic E-state index is 13.0. The average molecular weight is 1120 g/mol. The van der Waals surface area contributed by atoms with Crippen LogP contribution in [0.15, 0.2) is 58.1 Å². The van der Waals surface area contributed by atoms with E-state index in [1.54, 1.807) is 9.13 Å². The number of piperidine rings is 2. The van der Waals surface area contributed by atoms with Crippen LogP contribution in [0.4, 0.5) is 11.6 Å². The van der Waals surface area contributed by atoms with E-state index in [-0.39, 0.29) is 84.4 Å². The number of imidazole rings is 2. The Morgan fingerprint density at radius 1 is 0.617 bits per heavy atom. The van der Waals surface area contributed by atoms with E-state index in [1.807, 2.05) is 24.3 Å². The smallest absolute Gasteiger partial charge is 0.328 e. The Morgan fingerprint density at radius 3 is 1.40 bits per heavy atom. The highest BCUT2D eigenvalue weighted by Gasteiger charge is 2.24. The summed E-state index contributed by atoms with van der Waals surface area (Å²) in [6, 6.07) is 16.9. The summed E-state index contributed by atoms with van der Waals surface area (Å²) in [6.45, 7) is 12.3. The molecule has 23 heteroatoms. The van der Waals surface area contributed by atoms with Crippen LogP contribution in [0.3, 0.4) is 0 Å². The summed E-state index contributed by atoms with van der Waals surface area (Å²) in [5, 5.41) is 6.20. The van der Waals surface area contributed by atoms with Gasteiger partial charge >= 0.3 is 23.4 Å². The van der Waals surface area contributed by atoms with Crippen LogP contribution < -0.4 is 48.9 Å². The van der Waals surface area contributed by atoms with Crippen molar-refractivity contribution in [2.75, 3.05) is 70.6 Å². The van der Waals surface area contributed by atoms with Crippen molar-refractivity contribution in [2.24, 2.45) is 23.7 Å². The van der Waals surface area contributed by atoms with Gasteiger partial charge in [-0.1, -0.05) is 75.2 Å². The van der Waals surface area contributed by atoms with Crippen LogP contribution in [0, 0.1) is 17.8 Å². The second-order valence-corrected chi connectivity index (χ2v) is 22.0. The topological polar surface area (TPSA) is 315 Å². The highest BCUT2D eigenvalue weighted by atomic mass is 16.6. The molecule has 0 spiro atoms. The number of fused-ring (bicyclic) bond motifs is 2. The number of benzene rings is 2. The van der Waals surface area contributed by atoms with Crippen molar-refractivity contribution >= 4 is 51.6 Å². The maximum atomic E-state index is 13.0. The van der Waals surface area contributed by atoms with Gasteiger partial charge in [0.05, 0.1) is 26.3 Å². The normalized spacial score (nSPS) is 14.8. The number of hydrogen-bond donors (Lipinski definition) is 7. The Bertz CT molecular complexity index is 2910. The van der Waals surface area contributed by atoms with Gasteiger partial charge in [-0.2, -0.15) is 19.9 Å². The Labute approximate surface area is 472 Å². The number of ketones is 1. The first-order valence-electron chi connectivity index (χ1n) is 29.1. The number of H-pyrrole nitrogens is 2. The predicted molar refractivity (Wildman–Crippen MR) is 310 cm³/mol. The maximum Gasteiger partial charge on any atom is 0.328 e. The third-order valence-corrected chi connectivity index (χ3v) is 15.7. The van der Waals surface area contributed by atoms with Crippen molar-refractivity contribution in [1.82, 2.24) is 59.5 Å². The number of amides is 2. The number of unbranched alkanes of at least 4 members (excludes halogenated alkanes) is 2. The fourth-order valence-electron chi connectivity index (χ4n) is 10.8. The number of hydrogen-bond acceptors (Lipinski definition) is 17. The van der Waals surface area contributed by atoms with Crippen molar-refractivity contribution < 1.29 is 28.7 Å². The second kappa shape index (κ2) is 30.0. The van der Waals surface area contributed by atoms with Crippen LogP contribution in [0.25, 0.3) is 22.3 Å². The molecule has 2 aliphatic heterocycles. The van der Waals surface area contributed by atoms with Gasteiger partial charge in [-0.15, -0.1) is 0 Å². The first kappa shape index (κ1) is 59.9. The highest BCUT2D eigenvalue weighted by molar-refractivity contribution is 5.83. The summed E-state index contributed by atoms with van der Waals surface area (Å²) < 4.78 is 14.5. The number of rotatable bonds is 32. The highest BCUT2D eigenvalue weighted by Crippen LogP contribution is 2.26. The van der Waals surface area contributed by atoms with Gasteiger partial charge in [0.1, 0.15) is 17.6 Å². The number of anilines is 2. The molecule has 23 nitrogen and oxygen atoms in total. The summed E-state index contributed by atoms with van der Waals surface area (Å²) in [4.78, 5) is 96.8. The summed E-state index contributed by atoms with van der Waals surface area (Å²) in [5.41, 5.74) is 17.6. The van der Waals surface area contributed by atoms with E-state index < -0.39 is 0 Å². The van der Waals surface area contributed by atoms with Gasteiger partial charge in [-0.05, 0) is 130 Å². The summed E-state index contributed by atoms with van der Waals surface area (Å²) in [7, 11) is 0. The molecule has 2 saturated heterocycles. The summed E-state index contributed by atoms with van der Waals surface area (Å²) >= 11 is 0. The van der Waals surface area contributed by atoms with Crippen molar-refractivity contribution in [3.8, 4) is 12.0 Å². The second-order valence-electron chi connectivity index (χ2n) is 22.0. The lowest BCUT2D eigenvalue weighted by molar-refractivity contribution is -0.126. The number of aromatic nitrogens is 8. The average Bonchev–Trinajstić information content (AvgIpc) is 4.22. The van der Waals surface area contributed by atoms with Crippen molar-refractivity contribution in [3.05, 3.63) is 91.8 Å². The van der Waals surface area contributed by atoms with Crippen LogP contribution in [-0.2, 0) is 45.4 Å². The van der Waals surface area contributed by atoms with Gasteiger partial charge in [0, 0.05) is 45.4 Å². The zero-order chi connectivity index (χ0) is 57.1. The van der Waals surface area contributed by atoms with Gasteiger partial charge in [0.25, 0.3) is 0 Å². The minimum Gasteiger partial charge on any atom is -0.463 e. The van der Waals surface area contributed by atoms with Gasteiger partial charge in [-0.25, -0.2) is 15.5 Å². The zero-order valence-corrected chi connectivity index (χ0v) is 47.2. The minimum absolute atomic E-state index is 0.0491. The van der Waals surface area contributed by atoms with Crippen LogP contribution in [-0.4, -0.2) is 126 Å². The predicted octanol–water partition coefficient (Wildman–Crippen LogP) is 5.33. The van der Waals surface area contributed by atoms with E-state index in [9.17, 15) is 24.0 Å². The Hall–Kier alpha value is -7.21. The molecule has 2 aliphatic rings. The number of Topliss-reactive ketones (excluding diaryl/α,β-unsaturated/α-hetero) is 1. The van der Waals surface area contributed by atoms with E-state index in [1.165, 1.54) is 11.1 Å². The fraction of sp³-hybridized carbons (Fsp3) is 0.569. The van der Waals surface area contributed by atoms with Gasteiger partial charge in [0.2, 0.25) is 11.8 Å². The summed E-state index contributed by atoms with van der Waals surface area (Å²) in [6.07, 6.45) is 11.4. The molecule has 0 bridgehead atoms. The Balaban J connectivity index is 0.683. The molecule has 2 aromatic carbocycles. The standard InChI is InChI=1S/C58H83N15O8/c1-3-5-31-79-55-66-51(59)49-53(68-55)72(57(77)64-49)36-44-11-7-42(8-12-44)34-70-27-21-39(22-28-70)19-25-62-47(75)17-15-41(33-46(74)38-81-61)16-18-48(76)63-26-20-40-23-29-71(30-24-40)35-43-9-13-45(14-10-43)37-73-54-50(65-58(73)78)52(60)67-56(69-54)80-32-6-4-2/h7-14,39-41H,3-6,15-38,61H2,1-2H3,(H,62,75)(H,63,76)(H,64,77)(H,65,78)(H2,59,66,68)(H2,60,67,69). The Kier molecular flexibility index (Phi) is 22.2. The number of carbonyl (C=O) groups excluding carboxylic acids is 3. The lowest BCUT2D eigenvalue weighted by Crippen LogP contribution is -2.35. The van der Waals surface area contributed by atoms with E-state index >= 15 is 0 Å². The molecule has 4 aromatic heterocycles. The number of likely N-dealkylation sites (tertiary alicyclic amines) is 2. The molecular formula is C58H83N15O8. The number of nitrogen functional groups attached to an aromatic ring is 2. The molecule has 0 radical (unpaired) electrons. The number of aromatic amines is 2. The van der Waals surface area contributed by atoms with Gasteiger partial charge < -0.3 is 41.5 Å². The Morgan fingerprint density at radius 2 is 1.01 bits per heavy atom. The number of carbonyl (C=O) groups is 3. The van der Waals surface area contributed by atoms with Crippen molar-refractivity contribution in [2.45, 2.75) is 136 Å². The van der Waals surface area contributed by atoms with Gasteiger partial charge in [0.15, 0.2) is 28.7 Å². The number of nitrogens with two attached hydrogens (primary N) is 3. The minimum atomic E-state index is -0.309. The number of ether oxygens (including phenoxy) is 2. The largest absolute Gasteiger partial charge is 0.463 e. The molecule has 0 atom stereocenters. The lowest BCUT2D eigenvalue weighted by Gasteiger charge is -2.32. The fourth-order valence-corrected chi connectivity index (χ4v) is 10.8. The zero-order valence-electron chi connectivity index (χ0n) is 47.2. The van der Waals surface area contributed by atoms with E-state index in [0.717, 1.165) is 115 Å². The first-order valence-corrected chi connectivity index (χ1v) is 29.1. The van der Waals surface area contributed by atoms with E-state index in [4.69, 9.17) is 26.8 Å². The lowest BCUT2D eigenvalue weighted by atomic mass is 9.91. The molecule has 0 aliphatic carbocycles. The SMILES string of the molecule is CCCCOc1nc(N)c2[nH]c(=O)n(Cc3ccc(CN4CCC(CCNC(=O)CCC(CCC(=O)NCCC5CCN(Cc6ccc(Cn7c(=O)[nH]c8c(N)nc(OCCCC)nc87)cc6)CC5)CC(=O)CON)CC4)cc3)c2n1. The quantitative estimate of drug-likeness (QED) is 0.0207. The molecule has 10 N–H and O–H groups in total. The number of nitrogens with one attached hydrogen (secondary N) is 4. The van der Waals surface area contributed by atoms with E-state index in [2.05, 4.69) is 93.3 Å². The van der Waals surface area contributed by atoms with Gasteiger partial charge in [-0.3, -0.25) is 38.2 Å². The van der Waals surface area contributed by atoms with Crippen molar-refractivity contribution in [3.63, 3.8) is 0 Å². The van der Waals surface area contributed by atoms with Crippen LogP contribution >= 0.6 is 0 Å². The summed E-state index contributed by atoms with van der Waals surface area (Å²) in [5.74, 6) is 6.19. The number of nitrogens with zero attached hydrogens (tertiary/aromatic N) is 8. The third kappa shape index (κ3) is 17.6. The molecule has 0 unspecified atom stereocenters. The molecule has 2 fully saturated rings. The molecule has 0 saturated carbocycles. The molecule has 81 heavy (non-hydrogen) atoms. The first-order chi connectivity index (χ1) is 39.3. The molecule has 8 rings (SSSR count). The molecule has 2 amide bonds. The van der Waals surface area contributed by atoms with E-state index in [0.29, 0.717) is 86.4 Å². The molecule has 438 valence electrons. The van der Waals surface area contributed by atoms with Crippen LogP contribution in [0.5, 0.6) is 12.0 Å². The molecule has 6 aromatic rings. The van der Waals surface area contributed by atoms with Crippen molar-refractivity contribution in [1.29, 1.82) is 0 Å². The molecular weight excluding hydrogens is 1030 g/mol. The third-order valence-electron chi connectivity index (χ3n) is 15.7. The molecule has 6 heterocycles. The monoisotopic (exact) mass is 1120 g/mol.